The Hall–Kier alpha value is -2.67. The number of nitrogens with one attached hydrogen (secondary N) is 1. The molecule has 3 aromatic rings. The largest absolute Gasteiger partial charge is 0.403 e. The van der Waals surface area contributed by atoms with Gasteiger partial charge in [0, 0.05) is 22.9 Å². The molecule has 0 fully saturated rings. The molecule has 0 radical (unpaired) electrons. The Balaban J connectivity index is 1.79. The molecule has 1 aromatic carbocycles. The van der Waals surface area contributed by atoms with Crippen LogP contribution in [0.2, 0.25) is 0 Å². The van der Waals surface area contributed by atoms with Gasteiger partial charge in [0.05, 0.1) is 5.56 Å². The molecule has 1 amide bonds. The van der Waals surface area contributed by atoms with Crippen LogP contribution < -0.4 is 5.32 Å². The molecule has 1 N–H and O–H groups in total. The SMILES string of the molecule is CSc1ccccc1C(=O)Nc1nnc(-c2ccncc2)o1. The zero-order valence-electron chi connectivity index (χ0n) is 11.7. The maximum Gasteiger partial charge on any atom is 0.322 e. The first-order valence-corrected chi connectivity index (χ1v) is 7.68. The Morgan fingerprint density at radius 3 is 2.68 bits per heavy atom. The third-order valence-corrected chi connectivity index (χ3v) is 3.72. The van der Waals surface area contributed by atoms with Crippen LogP contribution in [-0.2, 0) is 0 Å². The molecule has 0 spiro atoms. The van der Waals surface area contributed by atoms with Crippen molar-refractivity contribution in [1.82, 2.24) is 15.2 Å². The molecule has 7 heteroatoms. The Labute approximate surface area is 131 Å². The standard InChI is InChI=1S/C15H12N4O2S/c1-22-12-5-3-2-4-11(12)13(20)17-15-19-18-14(21-15)10-6-8-16-9-7-10/h2-9H,1H3,(H,17,19,20). The highest BCUT2D eigenvalue weighted by molar-refractivity contribution is 7.98. The Kier molecular flexibility index (Phi) is 4.15. The number of carbonyl (C=O) groups is 1. The lowest BCUT2D eigenvalue weighted by Crippen LogP contribution is -2.13. The third kappa shape index (κ3) is 2.99. The molecule has 110 valence electrons. The lowest BCUT2D eigenvalue weighted by Gasteiger charge is -2.05. The van der Waals surface area contributed by atoms with Crippen LogP contribution >= 0.6 is 11.8 Å². The highest BCUT2D eigenvalue weighted by atomic mass is 32.2. The van der Waals surface area contributed by atoms with Gasteiger partial charge in [-0.1, -0.05) is 17.2 Å². The monoisotopic (exact) mass is 312 g/mol. The zero-order valence-corrected chi connectivity index (χ0v) is 12.5. The van der Waals surface area contributed by atoms with E-state index in [0.717, 1.165) is 10.5 Å². The van der Waals surface area contributed by atoms with Crippen LogP contribution in [0.4, 0.5) is 6.01 Å². The van der Waals surface area contributed by atoms with E-state index in [4.69, 9.17) is 4.42 Å². The quantitative estimate of drug-likeness (QED) is 0.746. The molecule has 3 rings (SSSR count). The van der Waals surface area contributed by atoms with E-state index in [1.165, 1.54) is 11.8 Å². The fraction of sp³-hybridized carbons (Fsp3) is 0.0667. The molecule has 0 aliphatic rings. The number of anilines is 1. The van der Waals surface area contributed by atoms with Crippen LogP contribution in [0, 0.1) is 0 Å². The Morgan fingerprint density at radius 1 is 1.14 bits per heavy atom. The van der Waals surface area contributed by atoms with Crippen molar-refractivity contribution in [3.63, 3.8) is 0 Å². The molecule has 0 bridgehead atoms. The second kappa shape index (κ2) is 6.40. The van der Waals surface area contributed by atoms with Gasteiger partial charge in [0.1, 0.15) is 0 Å². The molecule has 0 unspecified atom stereocenters. The van der Waals surface area contributed by atoms with Crippen LogP contribution in [0.1, 0.15) is 10.4 Å². The predicted molar refractivity (Wildman–Crippen MR) is 83.7 cm³/mol. The van der Waals surface area contributed by atoms with Crippen molar-refractivity contribution in [3.05, 3.63) is 54.4 Å². The summed E-state index contributed by atoms with van der Waals surface area (Å²) in [5, 5.41) is 10.4. The molecule has 0 saturated carbocycles. The van der Waals surface area contributed by atoms with Crippen molar-refractivity contribution in [2.24, 2.45) is 0 Å². The predicted octanol–water partition coefficient (Wildman–Crippen LogP) is 3.11. The van der Waals surface area contributed by atoms with Gasteiger partial charge in [-0.3, -0.25) is 15.1 Å². The Bertz CT molecular complexity index is 789. The van der Waals surface area contributed by atoms with E-state index in [9.17, 15) is 4.79 Å². The zero-order chi connectivity index (χ0) is 15.4. The molecule has 0 aliphatic carbocycles. The smallest absolute Gasteiger partial charge is 0.322 e. The number of rotatable bonds is 4. The number of hydrogen-bond acceptors (Lipinski definition) is 6. The van der Waals surface area contributed by atoms with Gasteiger partial charge >= 0.3 is 6.01 Å². The van der Waals surface area contributed by atoms with Crippen LogP contribution in [-0.4, -0.2) is 27.3 Å². The molecule has 0 atom stereocenters. The number of thioether (sulfide) groups is 1. The van der Waals surface area contributed by atoms with E-state index in [1.54, 1.807) is 30.6 Å². The minimum atomic E-state index is -0.283. The third-order valence-electron chi connectivity index (χ3n) is 2.92. The van der Waals surface area contributed by atoms with E-state index in [2.05, 4.69) is 20.5 Å². The van der Waals surface area contributed by atoms with Gasteiger partial charge in [0.2, 0.25) is 5.89 Å². The summed E-state index contributed by atoms with van der Waals surface area (Å²) in [7, 11) is 0. The molecule has 0 aliphatic heterocycles. The minimum absolute atomic E-state index is 0.0627. The average Bonchev–Trinajstić information content (AvgIpc) is 3.04. The summed E-state index contributed by atoms with van der Waals surface area (Å²) in [6.45, 7) is 0. The van der Waals surface area contributed by atoms with Crippen molar-refractivity contribution in [2.75, 3.05) is 11.6 Å². The minimum Gasteiger partial charge on any atom is -0.403 e. The number of aromatic nitrogens is 3. The number of amides is 1. The van der Waals surface area contributed by atoms with E-state index in [-0.39, 0.29) is 11.9 Å². The number of benzene rings is 1. The van der Waals surface area contributed by atoms with E-state index >= 15 is 0 Å². The fourth-order valence-electron chi connectivity index (χ4n) is 1.88. The Morgan fingerprint density at radius 2 is 1.91 bits per heavy atom. The van der Waals surface area contributed by atoms with Gasteiger partial charge in [-0.05, 0) is 30.5 Å². The first-order valence-electron chi connectivity index (χ1n) is 6.46. The van der Waals surface area contributed by atoms with Gasteiger partial charge in [0.25, 0.3) is 5.91 Å². The molecule has 2 heterocycles. The lowest BCUT2D eigenvalue weighted by molar-refractivity contribution is 0.102. The first kappa shape index (κ1) is 14.3. The summed E-state index contributed by atoms with van der Waals surface area (Å²) in [6.07, 6.45) is 5.18. The average molecular weight is 312 g/mol. The van der Waals surface area contributed by atoms with Crippen LogP contribution in [0.25, 0.3) is 11.5 Å². The van der Waals surface area contributed by atoms with E-state index in [0.29, 0.717) is 11.5 Å². The summed E-state index contributed by atoms with van der Waals surface area (Å²) in [5.41, 5.74) is 1.31. The number of hydrogen-bond donors (Lipinski definition) is 1. The highest BCUT2D eigenvalue weighted by Gasteiger charge is 2.14. The fourth-order valence-corrected chi connectivity index (χ4v) is 2.48. The molecule has 22 heavy (non-hydrogen) atoms. The second-order valence-electron chi connectivity index (χ2n) is 4.30. The normalized spacial score (nSPS) is 10.4. The van der Waals surface area contributed by atoms with Gasteiger partial charge in [0.15, 0.2) is 0 Å². The van der Waals surface area contributed by atoms with Gasteiger partial charge in [-0.25, -0.2) is 0 Å². The van der Waals surface area contributed by atoms with Crippen molar-refractivity contribution < 1.29 is 9.21 Å². The van der Waals surface area contributed by atoms with Crippen molar-refractivity contribution in [3.8, 4) is 11.5 Å². The second-order valence-corrected chi connectivity index (χ2v) is 5.15. The van der Waals surface area contributed by atoms with Gasteiger partial charge in [-0.15, -0.1) is 16.9 Å². The maximum atomic E-state index is 12.3. The molecule has 6 nitrogen and oxygen atoms in total. The molecular formula is C15H12N4O2S. The van der Waals surface area contributed by atoms with Crippen LogP contribution in [0.5, 0.6) is 0 Å². The number of carbonyl (C=O) groups excluding carboxylic acids is 1. The topological polar surface area (TPSA) is 80.9 Å². The van der Waals surface area contributed by atoms with Gasteiger partial charge in [-0.2, -0.15) is 0 Å². The van der Waals surface area contributed by atoms with Crippen LogP contribution in [0.3, 0.4) is 0 Å². The van der Waals surface area contributed by atoms with Gasteiger partial charge < -0.3 is 4.42 Å². The summed E-state index contributed by atoms with van der Waals surface area (Å²) in [5.74, 6) is 0.0470. The van der Waals surface area contributed by atoms with E-state index in [1.807, 2.05) is 24.5 Å². The summed E-state index contributed by atoms with van der Waals surface area (Å²) in [4.78, 5) is 17.1. The first-order chi connectivity index (χ1) is 10.8. The molecule has 0 saturated heterocycles. The van der Waals surface area contributed by atoms with Crippen molar-refractivity contribution in [1.29, 1.82) is 0 Å². The summed E-state index contributed by atoms with van der Waals surface area (Å²) < 4.78 is 5.45. The summed E-state index contributed by atoms with van der Waals surface area (Å²) >= 11 is 1.50. The van der Waals surface area contributed by atoms with E-state index < -0.39 is 0 Å². The summed E-state index contributed by atoms with van der Waals surface area (Å²) in [6, 6.07) is 10.9. The molecule has 2 aromatic heterocycles. The van der Waals surface area contributed by atoms with Crippen molar-refractivity contribution in [2.45, 2.75) is 4.90 Å². The maximum absolute atomic E-state index is 12.3. The van der Waals surface area contributed by atoms with Crippen molar-refractivity contribution >= 4 is 23.7 Å². The lowest BCUT2D eigenvalue weighted by atomic mass is 10.2. The number of pyridine rings is 1. The molecular weight excluding hydrogens is 300 g/mol. The highest BCUT2D eigenvalue weighted by Crippen LogP contribution is 2.22. The number of nitrogens with zero attached hydrogens (tertiary/aromatic N) is 3. The van der Waals surface area contributed by atoms with Crippen LogP contribution in [0.15, 0.2) is 58.1 Å².